The molecule has 1 aliphatic heterocycles. The van der Waals surface area contributed by atoms with E-state index in [2.05, 4.69) is 15.7 Å². The molecule has 0 bridgehead atoms. The lowest BCUT2D eigenvalue weighted by Gasteiger charge is -2.34. The summed E-state index contributed by atoms with van der Waals surface area (Å²) in [5, 5.41) is 10.4. The van der Waals surface area contributed by atoms with E-state index in [1.807, 2.05) is 50.2 Å². The number of halogens is 4. The molecule has 0 aliphatic carbocycles. The quantitative estimate of drug-likeness (QED) is 0.475. The standard InChI is InChI=1S/C24H24ClF3N4O/c1-3-15-6-8-17(9-7-15)20-11-21(24(26,27)28)32-22(31-20)18(13-30-32)23(33)29-12-16-5-4-14(2)19(25)10-16/h4-10,13,20-21,31H,3,11-12H2,1-2H3,(H,29,33)/t20-,21+/m0/s1. The Morgan fingerprint density at radius 3 is 2.55 bits per heavy atom. The molecule has 2 atom stereocenters. The molecule has 2 aromatic carbocycles. The summed E-state index contributed by atoms with van der Waals surface area (Å²) >= 11 is 6.13. The number of alkyl halides is 3. The number of nitrogens with zero attached hydrogens (tertiary/aromatic N) is 2. The molecule has 33 heavy (non-hydrogen) atoms. The van der Waals surface area contributed by atoms with Crippen LogP contribution in [0.1, 0.15) is 58.0 Å². The van der Waals surface area contributed by atoms with Crippen LogP contribution in [0.3, 0.4) is 0 Å². The van der Waals surface area contributed by atoms with Crippen molar-refractivity contribution in [3.8, 4) is 0 Å². The van der Waals surface area contributed by atoms with Gasteiger partial charge in [-0.25, -0.2) is 4.68 Å². The van der Waals surface area contributed by atoms with Gasteiger partial charge in [0.2, 0.25) is 0 Å². The van der Waals surface area contributed by atoms with Crippen LogP contribution in [0, 0.1) is 6.92 Å². The average Bonchev–Trinajstić information content (AvgIpc) is 3.22. The van der Waals surface area contributed by atoms with Gasteiger partial charge in [0.1, 0.15) is 11.4 Å². The third kappa shape index (κ3) is 4.85. The van der Waals surface area contributed by atoms with Crippen molar-refractivity contribution in [3.05, 3.63) is 81.5 Å². The highest BCUT2D eigenvalue weighted by Crippen LogP contribution is 2.44. The first-order valence-electron chi connectivity index (χ1n) is 10.7. The number of nitrogens with one attached hydrogen (secondary N) is 2. The molecule has 0 fully saturated rings. The number of carbonyl (C=O) groups is 1. The predicted molar refractivity (Wildman–Crippen MR) is 121 cm³/mol. The largest absolute Gasteiger partial charge is 0.410 e. The number of amides is 1. The summed E-state index contributed by atoms with van der Waals surface area (Å²) in [5.41, 5.74) is 3.60. The van der Waals surface area contributed by atoms with Gasteiger partial charge in [0, 0.05) is 18.0 Å². The van der Waals surface area contributed by atoms with E-state index in [9.17, 15) is 18.0 Å². The van der Waals surface area contributed by atoms with Crippen LogP contribution in [0.15, 0.2) is 48.7 Å². The average molecular weight is 477 g/mol. The Bertz CT molecular complexity index is 1160. The van der Waals surface area contributed by atoms with Gasteiger partial charge in [0.05, 0.1) is 12.2 Å². The molecule has 1 aromatic heterocycles. The molecule has 9 heteroatoms. The number of rotatable bonds is 5. The first kappa shape index (κ1) is 23.2. The van der Waals surface area contributed by atoms with Crippen LogP contribution >= 0.6 is 11.6 Å². The lowest BCUT2D eigenvalue weighted by atomic mass is 9.95. The second kappa shape index (κ2) is 9.09. The minimum atomic E-state index is -4.50. The molecule has 3 aromatic rings. The number of aryl methyl sites for hydroxylation is 2. The number of anilines is 1. The molecule has 0 saturated heterocycles. The van der Waals surface area contributed by atoms with Crippen LogP contribution in [0.2, 0.25) is 5.02 Å². The molecule has 174 valence electrons. The van der Waals surface area contributed by atoms with Gasteiger partial charge in [-0.3, -0.25) is 4.79 Å². The number of carbonyl (C=O) groups excluding carboxylic acids is 1. The Labute approximate surface area is 194 Å². The van der Waals surface area contributed by atoms with Crippen molar-refractivity contribution < 1.29 is 18.0 Å². The highest BCUT2D eigenvalue weighted by molar-refractivity contribution is 6.31. The molecule has 0 saturated carbocycles. The van der Waals surface area contributed by atoms with E-state index in [0.29, 0.717) is 5.02 Å². The molecule has 2 N–H and O–H groups in total. The van der Waals surface area contributed by atoms with Gasteiger partial charge in [-0.15, -0.1) is 0 Å². The maximum absolute atomic E-state index is 13.9. The molecule has 0 spiro atoms. The Morgan fingerprint density at radius 2 is 1.91 bits per heavy atom. The fourth-order valence-corrected chi connectivity index (χ4v) is 4.16. The summed E-state index contributed by atoms with van der Waals surface area (Å²) in [5.74, 6) is -0.448. The van der Waals surface area contributed by atoms with Gasteiger partial charge >= 0.3 is 6.18 Å². The third-order valence-corrected chi connectivity index (χ3v) is 6.37. The molecule has 1 aliphatic rings. The Hall–Kier alpha value is -3.00. The minimum absolute atomic E-state index is 0.0626. The van der Waals surface area contributed by atoms with E-state index in [0.717, 1.165) is 33.4 Å². The van der Waals surface area contributed by atoms with Gasteiger partial charge in [0.25, 0.3) is 5.91 Å². The zero-order chi connectivity index (χ0) is 23.8. The van der Waals surface area contributed by atoms with Crippen LogP contribution in [-0.4, -0.2) is 21.9 Å². The zero-order valence-electron chi connectivity index (χ0n) is 18.2. The van der Waals surface area contributed by atoms with E-state index in [1.165, 1.54) is 6.20 Å². The molecule has 5 nitrogen and oxygen atoms in total. The SMILES string of the molecule is CCc1ccc([C@@H]2C[C@H](C(F)(F)F)n3ncc(C(=O)NCc4ccc(C)c(Cl)c4)c3N2)cc1. The van der Waals surface area contributed by atoms with Gasteiger partial charge in [-0.2, -0.15) is 18.3 Å². The summed E-state index contributed by atoms with van der Waals surface area (Å²) in [7, 11) is 0. The molecule has 1 amide bonds. The van der Waals surface area contributed by atoms with E-state index in [1.54, 1.807) is 6.07 Å². The van der Waals surface area contributed by atoms with Crippen molar-refractivity contribution in [2.45, 2.75) is 51.5 Å². The predicted octanol–water partition coefficient (Wildman–Crippen LogP) is 6.00. The smallest absolute Gasteiger partial charge is 0.363 e. The Balaban J connectivity index is 1.60. The maximum Gasteiger partial charge on any atom is 0.410 e. The van der Waals surface area contributed by atoms with Crippen LogP contribution in [-0.2, 0) is 13.0 Å². The first-order valence-corrected chi connectivity index (χ1v) is 11.1. The monoisotopic (exact) mass is 476 g/mol. The van der Waals surface area contributed by atoms with E-state index >= 15 is 0 Å². The summed E-state index contributed by atoms with van der Waals surface area (Å²) < 4.78 is 42.5. The van der Waals surface area contributed by atoms with Crippen molar-refractivity contribution >= 4 is 23.3 Å². The summed E-state index contributed by atoms with van der Waals surface area (Å²) in [6.45, 7) is 4.08. The highest BCUT2D eigenvalue weighted by atomic mass is 35.5. The topological polar surface area (TPSA) is 59.0 Å². The van der Waals surface area contributed by atoms with Crippen LogP contribution in [0.5, 0.6) is 0 Å². The van der Waals surface area contributed by atoms with Gasteiger partial charge in [0.15, 0.2) is 6.04 Å². The summed E-state index contributed by atoms with van der Waals surface area (Å²) in [6.07, 6.45) is -2.70. The van der Waals surface area contributed by atoms with Crippen molar-refractivity contribution in [2.75, 3.05) is 5.32 Å². The lowest BCUT2D eigenvalue weighted by molar-refractivity contribution is -0.173. The van der Waals surface area contributed by atoms with Gasteiger partial charge in [-0.05, 0) is 41.7 Å². The second-order valence-corrected chi connectivity index (χ2v) is 8.61. The normalized spacial score (nSPS) is 17.9. The van der Waals surface area contributed by atoms with E-state index in [4.69, 9.17) is 11.6 Å². The van der Waals surface area contributed by atoms with E-state index < -0.39 is 24.2 Å². The van der Waals surface area contributed by atoms with Crippen molar-refractivity contribution in [1.29, 1.82) is 0 Å². The summed E-state index contributed by atoms with van der Waals surface area (Å²) in [6, 6.07) is 10.5. The van der Waals surface area contributed by atoms with Crippen molar-refractivity contribution in [3.63, 3.8) is 0 Å². The highest BCUT2D eigenvalue weighted by Gasteiger charge is 2.47. The Kier molecular flexibility index (Phi) is 6.38. The van der Waals surface area contributed by atoms with E-state index in [-0.39, 0.29) is 24.3 Å². The number of benzene rings is 2. The van der Waals surface area contributed by atoms with Gasteiger partial charge < -0.3 is 10.6 Å². The van der Waals surface area contributed by atoms with Crippen molar-refractivity contribution in [1.82, 2.24) is 15.1 Å². The summed E-state index contributed by atoms with van der Waals surface area (Å²) in [4.78, 5) is 12.9. The van der Waals surface area contributed by atoms with Crippen LogP contribution in [0.4, 0.5) is 19.0 Å². The maximum atomic E-state index is 13.9. The molecule has 4 rings (SSSR count). The second-order valence-electron chi connectivity index (χ2n) is 8.20. The molecular weight excluding hydrogens is 453 g/mol. The minimum Gasteiger partial charge on any atom is -0.363 e. The number of aromatic nitrogens is 2. The fraction of sp³-hybridized carbons (Fsp3) is 0.333. The third-order valence-electron chi connectivity index (χ3n) is 5.96. The van der Waals surface area contributed by atoms with Gasteiger partial charge in [-0.1, -0.05) is 54.9 Å². The molecule has 0 unspecified atom stereocenters. The zero-order valence-corrected chi connectivity index (χ0v) is 19.0. The number of fused-ring (bicyclic) bond motifs is 1. The first-order chi connectivity index (χ1) is 15.7. The number of hydrogen-bond donors (Lipinski definition) is 2. The van der Waals surface area contributed by atoms with Crippen LogP contribution < -0.4 is 10.6 Å². The Morgan fingerprint density at radius 1 is 1.21 bits per heavy atom. The fourth-order valence-electron chi connectivity index (χ4n) is 3.96. The molecule has 2 heterocycles. The van der Waals surface area contributed by atoms with Crippen molar-refractivity contribution in [2.24, 2.45) is 0 Å². The molecule has 0 radical (unpaired) electrons. The molecular formula is C24H24ClF3N4O. The number of hydrogen-bond acceptors (Lipinski definition) is 3. The lowest BCUT2D eigenvalue weighted by Crippen LogP contribution is -2.36. The van der Waals surface area contributed by atoms with Crippen LogP contribution in [0.25, 0.3) is 0 Å².